The number of aromatic amines is 1. The largest absolute Gasteiger partial charge is 0.381 e. The number of ether oxygens (including phenoxy) is 1. The Balaban J connectivity index is 1.41. The van der Waals surface area contributed by atoms with Gasteiger partial charge in [0.15, 0.2) is 17.3 Å². The van der Waals surface area contributed by atoms with Crippen molar-refractivity contribution < 1.29 is 9.13 Å². The average Bonchev–Trinajstić information content (AvgIpc) is 3.53. The van der Waals surface area contributed by atoms with Gasteiger partial charge < -0.3 is 14.6 Å². The number of piperazine rings is 1. The lowest BCUT2D eigenvalue weighted by molar-refractivity contribution is 0.0278. The first kappa shape index (κ1) is 24.3. The fraction of sp³-hybridized carbons (Fsp3) is 0.536. The van der Waals surface area contributed by atoms with Crippen LogP contribution < -0.4 is 4.90 Å². The van der Waals surface area contributed by atoms with E-state index >= 15 is 4.39 Å². The molecule has 1 atom stereocenters. The second-order valence-electron chi connectivity index (χ2n) is 11.0. The molecule has 2 fully saturated rings. The van der Waals surface area contributed by atoms with Gasteiger partial charge in [-0.2, -0.15) is 5.10 Å². The molecule has 0 saturated carbocycles. The van der Waals surface area contributed by atoms with Crippen molar-refractivity contribution in [2.24, 2.45) is 0 Å². The molecule has 37 heavy (non-hydrogen) atoms. The van der Waals surface area contributed by atoms with Gasteiger partial charge in [0.2, 0.25) is 0 Å². The van der Waals surface area contributed by atoms with Crippen LogP contribution in [0, 0.1) is 19.7 Å². The fourth-order valence-corrected chi connectivity index (χ4v) is 6.29. The van der Waals surface area contributed by atoms with Gasteiger partial charge in [-0.15, -0.1) is 0 Å². The molecule has 1 unspecified atom stereocenters. The number of nitrogens with zero attached hydrogens (tertiary/aromatic N) is 6. The monoisotopic (exact) mass is 505 g/mol. The molecular formula is C28H36FN7O. The van der Waals surface area contributed by atoms with E-state index in [1.54, 1.807) is 17.0 Å². The maximum Gasteiger partial charge on any atom is 0.175 e. The Morgan fingerprint density at radius 3 is 2.62 bits per heavy atom. The molecule has 2 aliphatic rings. The number of rotatable bonds is 4. The quantitative estimate of drug-likeness (QED) is 0.428. The van der Waals surface area contributed by atoms with E-state index in [9.17, 15) is 0 Å². The molecule has 0 radical (unpaired) electrons. The van der Waals surface area contributed by atoms with Crippen molar-refractivity contribution >= 4 is 22.4 Å². The third-order valence-corrected chi connectivity index (χ3v) is 8.41. The molecule has 4 aromatic rings. The minimum absolute atomic E-state index is 0.113. The summed E-state index contributed by atoms with van der Waals surface area (Å²) in [6.45, 7) is 14.8. The van der Waals surface area contributed by atoms with E-state index in [4.69, 9.17) is 4.74 Å². The lowest BCUT2D eigenvalue weighted by Gasteiger charge is -2.44. The molecule has 1 N–H and O–H groups in total. The zero-order chi connectivity index (χ0) is 25.8. The number of anilines is 1. The molecule has 2 aliphatic heterocycles. The SMILES string of the molecule is Cc1c(-c2[nH]c3cnc(N4CCN(C5CCOCC5)CC4C)c(F)c3c2C(C)C)cn2ncnc2c1C. The maximum atomic E-state index is 16.4. The molecule has 6 rings (SSSR count). The number of hydrogen-bond acceptors (Lipinski definition) is 6. The Morgan fingerprint density at radius 1 is 1.11 bits per heavy atom. The minimum Gasteiger partial charge on any atom is -0.381 e. The summed E-state index contributed by atoms with van der Waals surface area (Å²) in [6, 6.07) is 0.740. The number of fused-ring (bicyclic) bond motifs is 2. The van der Waals surface area contributed by atoms with Crippen molar-refractivity contribution in [3.05, 3.63) is 41.2 Å². The van der Waals surface area contributed by atoms with Gasteiger partial charge in [-0.1, -0.05) is 13.8 Å². The summed E-state index contributed by atoms with van der Waals surface area (Å²) in [7, 11) is 0. The van der Waals surface area contributed by atoms with Gasteiger partial charge in [-0.05, 0) is 56.2 Å². The molecular weight excluding hydrogens is 469 g/mol. The van der Waals surface area contributed by atoms with E-state index < -0.39 is 0 Å². The minimum atomic E-state index is -0.230. The molecule has 6 heterocycles. The van der Waals surface area contributed by atoms with Crippen molar-refractivity contribution in [2.45, 2.75) is 65.5 Å². The summed E-state index contributed by atoms with van der Waals surface area (Å²) in [6.07, 6.45) is 7.52. The first-order valence-electron chi connectivity index (χ1n) is 13.4. The Labute approximate surface area is 216 Å². The number of H-pyrrole nitrogens is 1. The molecule has 0 spiro atoms. The van der Waals surface area contributed by atoms with Crippen LogP contribution in [0.3, 0.4) is 0 Å². The van der Waals surface area contributed by atoms with Gasteiger partial charge in [0.25, 0.3) is 0 Å². The van der Waals surface area contributed by atoms with Crippen LogP contribution >= 0.6 is 0 Å². The smallest absolute Gasteiger partial charge is 0.175 e. The zero-order valence-corrected chi connectivity index (χ0v) is 22.4. The van der Waals surface area contributed by atoms with Gasteiger partial charge in [-0.3, -0.25) is 4.90 Å². The predicted molar refractivity (Wildman–Crippen MR) is 144 cm³/mol. The molecule has 2 saturated heterocycles. The normalized spacial score (nSPS) is 20.1. The molecule has 0 amide bonds. The van der Waals surface area contributed by atoms with Gasteiger partial charge in [0.1, 0.15) is 6.33 Å². The van der Waals surface area contributed by atoms with Crippen LogP contribution in [0.1, 0.15) is 56.2 Å². The zero-order valence-electron chi connectivity index (χ0n) is 22.4. The van der Waals surface area contributed by atoms with Crippen LogP contribution in [0.2, 0.25) is 0 Å². The van der Waals surface area contributed by atoms with Crippen LogP contribution in [-0.2, 0) is 4.74 Å². The number of nitrogens with one attached hydrogen (secondary N) is 1. The molecule has 0 bridgehead atoms. The van der Waals surface area contributed by atoms with Crippen molar-refractivity contribution in [1.82, 2.24) is 29.5 Å². The first-order chi connectivity index (χ1) is 17.8. The average molecular weight is 506 g/mol. The summed E-state index contributed by atoms with van der Waals surface area (Å²) in [5, 5.41) is 5.01. The van der Waals surface area contributed by atoms with E-state index in [2.05, 4.69) is 64.5 Å². The van der Waals surface area contributed by atoms with Crippen molar-refractivity contribution in [3.8, 4) is 11.3 Å². The summed E-state index contributed by atoms with van der Waals surface area (Å²) in [5.41, 5.74) is 6.66. The number of aryl methyl sites for hydroxylation is 1. The van der Waals surface area contributed by atoms with E-state index in [1.807, 2.05) is 6.20 Å². The lowest BCUT2D eigenvalue weighted by Crippen LogP contribution is -2.56. The molecule has 4 aromatic heterocycles. The lowest BCUT2D eigenvalue weighted by atomic mass is 9.94. The number of halogens is 1. The molecule has 0 aliphatic carbocycles. The standard InChI is InChI=1S/C28H36FN7O/c1-16(2)23-24-22(33-26(23)21-14-36-27(31-15-32-36)19(5)18(21)4)12-30-28(25(24)29)35-9-8-34(13-17(35)3)20-6-10-37-11-7-20/h12,14-17,20,33H,6-11,13H2,1-5H3. The number of aromatic nitrogens is 5. The van der Waals surface area contributed by atoms with E-state index in [0.717, 1.165) is 84.8 Å². The molecule has 0 aromatic carbocycles. The fourth-order valence-electron chi connectivity index (χ4n) is 6.29. The first-order valence-corrected chi connectivity index (χ1v) is 13.4. The van der Waals surface area contributed by atoms with Crippen molar-refractivity contribution in [3.63, 3.8) is 0 Å². The van der Waals surface area contributed by atoms with Gasteiger partial charge in [0, 0.05) is 62.1 Å². The van der Waals surface area contributed by atoms with Gasteiger partial charge in [0.05, 0.1) is 17.4 Å². The summed E-state index contributed by atoms with van der Waals surface area (Å²) < 4.78 is 23.8. The highest BCUT2D eigenvalue weighted by Crippen LogP contribution is 2.40. The van der Waals surface area contributed by atoms with Crippen molar-refractivity contribution in [2.75, 3.05) is 37.7 Å². The van der Waals surface area contributed by atoms with Crippen LogP contribution in [0.15, 0.2) is 18.7 Å². The van der Waals surface area contributed by atoms with E-state index in [1.165, 1.54) is 0 Å². The summed E-state index contributed by atoms with van der Waals surface area (Å²) in [4.78, 5) is 17.3. The summed E-state index contributed by atoms with van der Waals surface area (Å²) in [5.74, 6) is 0.340. The topological polar surface area (TPSA) is 74.6 Å². The highest BCUT2D eigenvalue weighted by atomic mass is 19.1. The number of pyridine rings is 2. The van der Waals surface area contributed by atoms with Gasteiger partial charge >= 0.3 is 0 Å². The van der Waals surface area contributed by atoms with E-state index in [-0.39, 0.29) is 17.8 Å². The van der Waals surface area contributed by atoms with Crippen LogP contribution in [-0.4, -0.2) is 74.4 Å². The Morgan fingerprint density at radius 2 is 1.89 bits per heavy atom. The number of hydrogen-bond donors (Lipinski definition) is 1. The Hall–Kier alpha value is -3.04. The molecule has 9 heteroatoms. The molecule has 196 valence electrons. The van der Waals surface area contributed by atoms with Gasteiger partial charge in [-0.25, -0.2) is 18.9 Å². The maximum absolute atomic E-state index is 16.4. The predicted octanol–water partition coefficient (Wildman–Crippen LogP) is 4.84. The highest BCUT2D eigenvalue weighted by molar-refractivity contribution is 5.94. The Kier molecular flexibility index (Phi) is 6.15. The summed E-state index contributed by atoms with van der Waals surface area (Å²) >= 11 is 0. The van der Waals surface area contributed by atoms with Crippen LogP contribution in [0.25, 0.3) is 27.8 Å². The second kappa shape index (κ2) is 9.36. The highest BCUT2D eigenvalue weighted by Gasteiger charge is 2.32. The van der Waals surface area contributed by atoms with E-state index in [0.29, 0.717) is 17.2 Å². The third-order valence-electron chi connectivity index (χ3n) is 8.41. The third kappa shape index (κ3) is 3.99. The van der Waals surface area contributed by atoms with Crippen LogP contribution in [0.4, 0.5) is 10.2 Å². The molecule has 8 nitrogen and oxygen atoms in total. The second-order valence-corrected chi connectivity index (χ2v) is 11.0. The Bertz CT molecular complexity index is 1450. The van der Waals surface area contributed by atoms with Crippen LogP contribution in [0.5, 0.6) is 0 Å². The van der Waals surface area contributed by atoms with Crippen molar-refractivity contribution in [1.29, 1.82) is 0 Å².